The number of benzene rings is 2. The minimum absolute atomic E-state index is 0.100. The minimum Gasteiger partial charge on any atom is -0.507 e. The molecule has 106 valence electrons. The number of aryl methyl sites for hydroxylation is 1. The van der Waals surface area contributed by atoms with Crippen molar-refractivity contribution in [2.45, 2.75) is 13.8 Å². The Bertz CT molecular complexity index is 791. The van der Waals surface area contributed by atoms with Gasteiger partial charge in [0.25, 0.3) is 0 Å². The van der Waals surface area contributed by atoms with Gasteiger partial charge in [-0.1, -0.05) is 29.8 Å². The van der Waals surface area contributed by atoms with Gasteiger partial charge in [-0.05, 0) is 43.2 Å². The predicted molar refractivity (Wildman–Crippen MR) is 82.0 cm³/mol. The lowest BCUT2D eigenvalue weighted by Gasteiger charge is -2.05. The van der Waals surface area contributed by atoms with Crippen LogP contribution in [0, 0.1) is 13.8 Å². The highest BCUT2D eigenvalue weighted by Gasteiger charge is 2.31. The van der Waals surface area contributed by atoms with Crippen molar-refractivity contribution in [3.63, 3.8) is 0 Å². The number of Topliss-reactive ketones (excluding diaryl/α,β-unsaturated/α-hetero) is 1. The molecular weight excluding hydrogens is 288 g/mol. The van der Waals surface area contributed by atoms with Gasteiger partial charge in [0, 0.05) is 10.6 Å². The third-order valence-corrected chi connectivity index (χ3v) is 4.12. The summed E-state index contributed by atoms with van der Waals surface area (Å²) in [6, 6.07) is 8.54. The Labute approximate surface area is 127 Å². The number of carbonyl (C=O) groups excluding carboxylic acids is 1. The summed E-state index contributed by atoms with van der Waals surface area (Å²) in [5.41, 5.74) is 2.61. The van der Waals surface area contributed by atoms with Gasteiger partial charge in [-0.2, -0.15) is 0 Å². The van der Waals surface area contributed by atoms with Crippen molar-refractivity contribution >= 4 is 23.5 Å². The van der Waals surface area contributed by atoms with E-state index < -0.39 is 0 Å². The number of fused-ring (bicyclic) bond motifs is 1. The largest absolute Gasteiger partial charge is 0.507 e. The molecule has 21 heavy (non-hydrogen) atoms. The predicted octanol–water partition coefficient (Wildman–Crippen LogP) is 4.28. The zero-order valence-corrected chi connectivity index (χ0v) is 12.4. The molecule has 0 bridgehead atoms. The lowest BCUT2D eigenvalue weighted by Crippen LogP contribution is -2.00. The molecule has 0 spiro atoms. The van der Waals surface area contributed by atoms with E-state index >= 15 is 0 Å². The molecule has 2 aromatic rings. The van der Waals surface area contributed by atoms with Crippen LogP contribution in [-0.4, -0.2) is 10.9 Å². The molecule has 3 rings (SSSR count). The smallest absolute Gasteiger partial charge is 0.232 e. The molecule has 1 N–H and O–H groups in total. The molecule has 1 aliphatic rings. The van der Waals surface area contributed by atoms with Crippen LogP contribution in [0.2, 0.25) is 5.02 Å². The normalized spacial score (nSPS) is 15.2. The molecule has 0 aromatic heterocycles. The van der Waals surface area contributed by atoms with Gasteiger partial charge in [-0.15, -0.1) is 0 Å². The fourth-order valence-electron chi connectivity index (χ4n) is 2.42. The lowest BCUT2D eigenvalue weighted by molar-refractivity contribution is 0.101. The fourth-order valence-corrected chi connectivity index (χ4v) is 2.57. The van der Waals surface area contributed by atoms with Crippen LogP contribution in [-0.2, 0) is 0 Å². The summed E-state index contributed by atoms with van der Waals surface area (Å²) in [6.07, 6.45) is 1.54. The Morgan fingerprint density at radius 2 is 1.95 bits per heavy atom. The van der Waals surface area contributed by atoms with Crippen LogP contribution in [0.4, 0.5) is 0 Å². The quantitative estimate of drug-likeness (QED) is 0.800. The van der Waals surface area contributed by atoms with Crippen LogP contribution in [0.25, 0.3) is 6.08 Å². The number of hydrogen-bond acceptors (Lipinski definition) is 3. The number of ether oxygens (including phenoxy) is 1. The van der Waals surface area contributed by atoms with E-state index in [4.69, 9.17) is 16.3 Å². The SMILES string of the molecule is Cc1cc2c(c(C)c1Cl)C(=O)/C(=C/c1ccccc1O)O2. The number of halogens is 1. The van der Waals surface area contributed by atoms with Crippen LogP contribution >= 0.6 is 11.6 Å². The maximum Gasteiger partial charge on any atom is 0.232 e. The molecule has 0 unspecified atom stereocenters. The second-order valence-corrected chi connectivity index (χ2v) is 5.38. The molecule has 0 atom stereocenters. The number of aromatic hydroxyl groups is 1. The van der Waals surface area contributed by atoms with Crippen molar-refractivity contribution in [2.75, 3.05) is 0 Å². The molecule has 0 saturated carbocycles. The fraction of sp³-hybridized carbons (Fsp3) is 0.118. The zero-order chi connectivity index (χ0) is 15.1. The van der Waals surface area contributed by atoms with Gasteiger partial charge in [-0.3, -0.25) is 4.79 Å². The minimum atomic E-state index is -0.215. The van der Waals surface area contributed by atoms with E-state index in [0.717, 1.165) is 11.1 Å². The van der Waals surface area contributed by atoms with Crippen LogP contribution in [0.3, 0.4) is 0 Å². The van der Waals surface area contributed by atoms with E-state index in [2.05, 4.69) is 0 Å². The van der Waals surface area contributed by atoms with Crippen molar-refractivity contribution in [1.82, 2.24) is 0 Å². The summed E-state index contributed by atoms with van der Waals surface area (Å²) in [5, 5.41) is 10.4. The summed E-state index contributed by atoms with van der Waals surface area (Å²) in [4.78, 5) is 12.5. The Hall–Kier alpha value is -2.26. The van der Waals surface area contributed by atoms with Gasteiger partial charge in [0.05, 0.1) is 5.56 Å². The number of carbonyl (C=O) groups is 1. The van der Waals surface area contributed by atoms with Gasteiger partial charge in [0.15, 0.2) is 5.76 Å². The Balaban J connectivity index is 2.10. The molecule has 2 aromatic carbocycles. The van der Waals surface area contributed by atoms with Crippen molar-refractivity contribution in [2.24, 2.45) is 0 Å². The number of phenolic OH excluding ortho intramolecular Hbond substituents is 1. The molecule has 0 saturated heterocycles. The Kier molecular flexibility index (Phi) is 3.22. The summed E-state index contributed by atoms with van der Waals surface area (Å²) in [6.45, 7) is 3.67. The van der Waals surface area contributed by atoms with Gasteiger partial charge in [0.1, 0.15) is 11.5 Å². The van der Waals surface area contributed by atoms with E-state index in [-0.39, 0.29) is 17.3 Å². The molecule has 1 aliphatic heterocycles. The van der Waals surface area contributed by atoms with Crippen molar-refractivity contribution in [3.05, 3.63) is 63.4 Å². The highest BCUT2D eigenvalue weighted by molar-refractivity contribution is 6.33. The third kappa shape index (κ3) is 2.20. The molecule has 1 heterocycles. The first-order chi connectivity index (χ1) is 9.99. The number of allylic oxidation sites excluding steroid dienone is 1. The molecule has 0 fully saturated rings. The summed E-state index contributed by atoms with van der Waals surface area (Å²) in [5.74, 6) is 0.591. The zero-order valence-electron chi connectivity index (χ0n) is 11.6. The van der Waals surface area contributed by atoms with E-state index in [0.29, 0.717) is 21.9 Å². The first-order valence-corrected chi connectivity index (χ1v) is 6.88. The molecule has 0 radical (unpaired) electrons. The summed E-state index contributed by atoms with van der Waals surface area (Å²) >= 11 is 6.19. The molecule has 0 amide bonds. The van der Waals surface area contributed by atoms with Gasteiger partial charge < -0.3 is 9.84 Å². The standard InChI is InChI=1S/C17H13ClO3/c1-9-7-13-15(10(2)16(9)18)17(20)14(21-13)8-11-5-3-4-6-12(11)19/h3-8,19H,1-2H3/b14-8-. The summed E-state index contributed by atoms with van der Waals surface area (Å²) < 4.78 is 5.64. The summed E-state index contributed by atoms with van der Waals surface area (Å²) in [7, 11) is 0. The topological polar surface area (TPSA) is 46.5 Å². The van der Waals surface area contributed by atoms with E-state index in [9.17, 15) is 9.90 Å². The van der Waals surface area contributed by atoms with Crippen LogP contribution in [0.1, 0.15) is 27.0 Å². The van der Waals surface area contributed by atoms with Crippen LogP contribution < -0.4 is 4.74 Å². The second kappa shape index (κ2) is 4.93. The van der Waals surface area contributed by atoms with Crippen molar-refractivity contribution in [3.8, 4) is 11.5 Å². The second-order valence-electron chi connectivity index (χ2n) is 5.00. The molecule has 3 nitrogen and oxygen atoms in total. The number of rotatable bonds is 1. The first kappa shape index (κ1) is 13.7. The third-order valence-electron chi connectivity index (χ3n) is 3.54. The van der Waals surface area contributed by atoms with Gasteiger partial charge in [-0.25, -0.2) is 0 Å². The van der Waals surface area contributed by atoms with E-state index in [1.807, 2.05) is 6.92 Å². The van der Waals surface area contributed by atoms with Gasteiger partial charge >= 0.3 is 0 Å². The molecule has 0 aliphatic carbocycles. The van der Waals surface area contributed by atoms with Gasteiger partial charge in [0.2, 0.25) is 5.78 Å². The Morgan fingerprint density at radius 3 is 2.67 bits per heavy atom. The van der Waals surface area contributed by atoms with Crippen molar-refractivity contribution in [1.29, 1.82) is 0 Å². The Morgan fingerprint density at radius 1 is 1.24 bits per heavy atom. The maximum absolute atomic E-state index is 12.5. The first-order valence-electron chi connectivity index (χ1n) is 6.51. The van der Waals surface area contributed by atoms with Crippen molar-refractivity contribution < 1.29 is 14.6 Å². The van der Waals surface area contributed by atoms with Crippen LogP contribution in [0.5, 0.6) is 11.5 Å². The number of ketones is 1. The average Bonchev–Trinajstić information content (AvgIpc) is 2.75. The maximum atomic E-state index is 12.5. The van der Waals surface area contributed by atoms with E-state index in [1.165, 1.54) is 0 Å². The highest BCUT2D eigenvalue weighted by Crippen LogP contribution is 2.39. The molecular formula is C17H13ClO3. The lowest BCUT2D eigenvalue weighted by atomic mass is 10.0. The number of para-hydroxylation sites is 1. The van der Waals surface area contributed by atoms with E-state index in [1.54, 1.807) is 43.3 Å². The molecule has 4 heteroatoms. The number of phenols is 1. The number of hydrogen-bond donors (Lipinski definition) is 1. The highest BCUT2D eigenvalue weighted by atomic mass is 35.5. The average molecular weight is 301 g/mol. The monoisotopic (exact) mass is 300 g/mol. The van der Waals surface area contributed by atoms with Crippen LogP contribution in [0.15, 0.2) is 36.1 Å².